The predicted octanol–water partition coefficient (Wildman–Crippen LogP) is 1.89. The van der Waals surface area contributed by atoms with Gasteiger partial charge in [0.1, 0.15) is 0 Å². The van der Waals surface area contributed by atoms with Gasteiger partial charge in [0.25, 0.3) is 0 Å². The first-order chi connectivity index (χ1) is 8.32. The summed E-state index contributed by atoms with van der Waals surface area (Å²) in [5, 5.41) is 3.56. The first-order valence-electron chi connectivity index (χ1n) is 7.46. The quantitative estimate of drug-likeness (QED) is 0.782. The molecule has 0 amide bonds. The average Bonchev–Trinajstić information content (AvgIpc) is 2.67. The second-order valence-corrected chi connectivity index (χ2v) is 6.74. The van der Waals surface area contributed by atoms with Gasteiger partial charge in [0.2, 0.25) is 0 Å². The second-order valence-electron chi connectivity index (χ2n) is 6.74. The molecule has 1 aliphatic rings. The Kier molecular flexibility index (Phi) is 6.09. The van der Waals surface area contributed by atoms with Crippen LogP contribution >= 0.6 is 0 Å². The molecule has 1 N–H and O–H groups in total. The van der Waals surface area contributed by atoms with E-state index in [2.05, 4.69) is 63.8 Å². The summed E-state index contributed by atoms with van der Waals surface area (Å²) in [6.07, 6.45) is 0. The standard InChI is InChI=1S/C15H33N3/c1-11(2)16-8-12(3)14(5)18-9-13(4)15(10-18)17(6)7/h11-16H,8-10H2,1-7H3. The minimum absolute atomic E-state index is 0.590. The Bertz CT molecular complexity index is 240. The maximum atomic E-state index is 3.56. The third-order valence-corrected chi connectivity index (χ3v) is 4.51. The van der Waals surface area contributed by atoms with Crippen LogP contribution < -0.4 is 5.32 Å². The van der Waals surface area contributed by atoms with E-state index in [1.807, 2.05) is 0 Å². The zero-order chi connectivity index (χ0) is 13.9. The molecule has 3 heteroatoms. The molecule has 0 aromatic heterocycles. The molecule has 0 aromatic carbocycles. The van der Waals surface area contributed by atoms with E-state index >= 15 is 0 Å². The van der Waals surface area contributed by atoms with E-state index in [4.69, 9.17) is 0 Å². The summed E-state index contributed by atoms with van der Waals surface area (Å²) in [5.74, 6) is 1.49. The fourth-order valence-corrected chi connectivity index (χ4v) is 2.94. The SMILES string of the molecule is CC(C)NCC(C)C(C)N1CC(C)C(N(C)C)C1. The van der Waals surface area contributed by atoms with Crippen LogP contribution in [0.1, 0.15) is 34.6 Å². The molecule has 1 aliphatic heterocycles. The summed E-state index contributed by atoms with van der Waals surface area (Å²) in [6, 6.07) is 1.98. The highest BCUT2D eigenvalue weighted by Gasteiger charge is 2.34. The highest BCUT2D eigenvalue weighted by atomic mass is 15.3. The molecule has 1 saturated heterocycles. The van der Waals surface area contributed by atoms with Crippen molar-refractivity contribution in [3.05, 3.63) is 0 Å². The smallest absolute Gasteiger partial charge is 0.0254 e. The number of nitrogens with one attached hydrogen (secondary N) is 1. The monoisotopic (exact) mass is 255 g/mol. The highest BCUT2D eigenvalue weighted by Crippen LogP contribution is 2.24. The van der Waals surface area contributed by atoms with Gasteiger partial charge >= 0.3 is 0 Å². The van der Waals surface area contributed by atoms with Gasteiger partial charge in [0, 0.05) is 31.2 Å². The van der Waals surface area contributed by atoms with E-state index in [9.17, 15) is 0 Å². The van der Waals surface area contributed by atoms with Crippen LogP contribution in [0.15, 0.2) is 0 Å². The fraction of sp³-hybridized carbons (Fsp3) is 1.00. The number of hydrogen-bond acceptors (Lipinski definition) is 3. The number of likely N-dealkylation sites (tertiary alicyclic amines) is 1. The van der Waals surface area contributed by atoms with Crippen LogP contribution in [0.2, 0.25) is 0 Å². The fourth-order valence-electron chi connectivity index (χ4n) is 2.94. The zero-order valence-corrected chi connectivity index (χ0v) is 13.4. The summed E-state index contributed by atoms with van der Waals surface area (Å²) in [4.78, 5) is 5.05. The molecule has 0 radical (unpaired) electrons. The van der Waals surface area contributed by atoms with E-state index in [0.29, 0.717) is 18.0 Å². The van der Waals surface area contributed by atoms with E-state index in [1.165, 1.54) is 13.1 Å². The van der Waals surface area contributed by atoms with E-state index in [-0.39, 0.29) is 0 Å². The van der Waals surface area contributed by atoms with Crippen LogP contribution in [-0.4, -0.2) is 61.7 Å². The van der Waals surface area contributed by atoms with Crippen molar-refractivity contribution in [2.24, 2.45) is 11.8 Å². The maximum absolute atomic E-state index is 3.56. The first kappa shape index (κ1) is 15.9. The number of likely N-dealkylation sites (N-methyl/N-ethyl adjacent to an activating group) is 1. The molecule has 1 heterocycles. The molecule has 1 rings (SSSR count). The molecule has 0 saturated carbocycles. The van der Waals surface area contributed by atoms with Crippen LogP contribution in [0, 0.1) is 11.8 Å². The van der Waals surface area contributed by atoms with Gasteiger partial charge < -0.3 is 10.2 Å². The van der Waals surface area contributed by atoms with Crippen LogP contribution in [0.5, 0.6) is 0 Å². The van der Waals surface area contributed by atoms with E-state index in [0.717, 1.165) is 18.5 Å². The van der Waals surface area contributed by atoms with Gasteiger partial charge in [0.05, 0.1) is 0 Å². The Morgan fingerprint density at radius 1 is 1.17 bits per heavy atom. The highest BCUT2D eigenvalue weighted by molar-refractivity contribution is 4.90. The van der Waals surface area contributed by atoms with Crippen LogP contribution in [0.4, 0.5) is 0 Å². The molecule has 3 nitrogen and oxygen atoms in total. The molecule has 108 valence electrons. The lowest BCUT2D eigenvalue weighted by Crippen LogP contribution is -2.42. The van der Waals surface area contributed by atoms with Gasteiger partial charge in [-0.2, -0.15) is 0 Å². The van der Waals surface area contributed by atoms with Crippen LogP contribution in [0.25, 0.3) is 0 Å². The summed E-state index contributed by atoms with van der Waals surface area (Å²) in [7, 11) is 4.41. The van der Waals surface area contributed by atoms with Gasteiger partial charge in [-0.25, -0.2) is 0 Å². The molecular formula is C15H33N3. The first-order valence-corrected chi connectivity index (χ1v) is 7.46. The molecule has 4 unspecified atom stereocenters. The van der Waals surface area contributed by atoms with Gasteiger partial charge in [-0.1, -0.05) is 27.7 Å². The Morgan fingerprint density at radius 3 is 2.22 bits per heavy atom. The Morgan fingerprint density at radius 2 is 1.78 bits per heavy atom. The number of hydrogen-bond donors (Lipinski definition) is 1. The molecule has 1 fully saturated rings. The normalized spacial score (nSPS) is 29.2. The van der Waals surface area contributed by atoms with Crippen molar-refractivity contribution in [2.45, 2.75) is 52.7 Å². The number of rotatable bonds is 6. The second kappa shape index (κ2) is 6.88. The van der Waals surface area contributed by atoms with E-state index in [1.54, 1.807) is 0 Å². The lowest BCUT2D eigenvalue weighted by molar-refractivity contribution is 0.178. The largest absolute Gasteiger partial charge is 0.314 e. The molecule has 0 bridgehead atoms. The number of nitrogens with zero attached hydrogens (tertiary/aromatic N) is 2. The molecule has 4 atom stereocenters. The van der Waals surface area contributed by atoms with Crippen LogP contribution in [-0.2, 0) is 0 Å². The topological polar surface area (TPSA) is 18.5 Å². The maximum Gasteiger partial charge on any atom is 0.0254 e. The zero-order valence-electron chi connectivity index (χ0n) is 13.4. The van der Waals surface area contributed by atoms with Crippen molar-refractivity contribution in [3.63, 3.8) is 0 Å². The van der Waals surface area contributed by atoms with Crippen molar-refractivity contribution in [3.8, 4) is 0 Å². The van der Waals surface area contributed by atoms with Gasteiger partial charge in [0.15, 0.2) is 0 Å². The molecule has 0 aromatic rings. The summed E-state index contributed by atoms with van der Waals surface area (Å²) >= 11 is 0. The Hall–Kier alpha value is -0.120. The molecule has 18 heavy (non-hydrogen) atoms. The Labute approximate surface area is 114 Å². The van der Waals surface area contributed by atoms with Crippen molar-refractivity contribution < 1.29 is 0 Å². The van der Waals surface area contributed by atoms with Crippen LogP contribution in [0.3, 0.4) is 0 Å². The molecule has 0 spiro atoms. The van der Waals surface area contributed by atoms with Crippen molar-refractivity contribution in [2.75, 3.05) is 33.7 Å². The van der Waals surface area contributed by atoms with Gasteiger partial charge in [-0.05, 0) is 39.4 Å². The lowest BCUT2D eigenvalue weighted by Gasteiger charge is -2.31. The third kappa shape index (κ3) is 4.22. The van der Waals surface area contributed by atoms with Crippen molar-refractivity contribution in [1.29, 1.82) is 0 Å². The summed E-state index contributed by atoms with van der Waals surface area (Å²) in [6.45, 7) is 15.2. The summed E-state index contributed by atoms with van der Waals surface area (Å²) in [5.41, 5.74) is 0. The summed E-state index contributed by atoms with van der Waals surface area (Å²) < 4.78 is 0. The van der Waals surface area contributed by atoms with E-state index < -0.39 is 0 Å². The van der Waals surface area contributed by atoms with Crippen molar-refractivity contribution >= 4 is 0 Å². The predicted molar refractivity (Wildman–Crippen MR) is 80.0 cm³/mol. The minimum Gasteiger partial charge on any atom is -0.314 e. The average molecular weight is 255 g/mol. The third-order valence-electron chi connectivity index (χ3n) is 4.51. The van der Waals surface area contributed by atoms with Crippen molar-refractivity contribution in [1.82, 2.24) is 15.1 Å². The minimum atomic E-state index is 0.590. The molecule has 0 aliphatic carbocycles. The van der Waals surface area contributed by atoms with Gasteiger partial charge in [-0.3, -0.25) is 4.90 Å². The Balaban J connectivity index is 2.45. The lowest BCUT2D eigenvalue weighted by atomic mass is 10.0. The molecular weight excluding hydrogens is 222 g/mol. The van der Waals surface area contributed by atoms with Gasteiger partial charge in [-0.15, -0.1) is 0 Å².